The molecule has 0 bridgehead atoms. The molecule has 0 saturated carbocycles. The molecule has 0 atom stereocenters. The number of hydrogen-bond donors (Lipinski definition) is 3. The summed E-state index contributed by atoms with van der Waals surface area (Å²) < 4.78 is 23.4. The van der Waals surface area contributed by atoms with E-state index in [0.717, 1.165) is 0 Å². The van der Waals surface area contributed by atoms with Crippen molar-refractivity contribution in [2.75, 3.05) is 32.8 Å². The molecule has 1 aromatic carbocycles. The van der Waals surface area contributed by atoms with Gasteiger partial charge in [-0.3, -0.25) is 0 Å². The molecule has 12 heteroatoms. The van der Waals surface area contributed by atoms with E-state index in [2.05, 4.69) is 35.7 Å². The molecule has 3 N–H and O–H groups in total. The maximum atomic E-state index is 12.9. The van der Waals surface area contributed by atoms with E-state index in [1.807, 2.05) is 0 Å². The standard InChI is InChI=1S/C20H23N2O6.C6H10NO.Co.O/c1-13(2)17(23)21-8-10-27-19(25)15-6-5-7-16(12-15)20(26)28-11-9-22-18(24)14(3)4;1-4-7-6(8)5(2)3;;/h6-7,12H,1,3,8-11H2,2,4H3,(H,21,23)(H,22,24);1-2,4H2,3H3,(H,7,8);;. The minimum atomic E-state index is -2.09. The van der Waals surface area contributed by atoms with Crippen LogP contribution in [0.5, 0.6) is 0 Å². The molecule has 0 spiro atoms. The normalized spacial score (nSPS) is 10.4. The average Bonchev–Trinajstić information content (AvgIpc) is 2.87. The molecule has 0 saturated heterocycles. The van der Waals surface area contributed by atoms with Crippen molar-refractivity contribution in [2.24, 2.45) is 0 Å². The van der Waals surface area contributed by atoms with Gasteiger partial charge in [0, 0.05) is 0 Å². The van der Waals surface area contributed by atoms with Gasteiger partial charge in [0.25, 0.3) is 0 Å². The van der Waals surface area contributed by atoms with Crippen LogP contribution in [0.15, 0.2) is 54.7 Å². The van der Waals surface area contributed by atoms with Crippen molar-refractivity contribution in [3.8, 4) is 0 Å². The van der Waals surface area contributed by atoms with Crippen LogP contribution in [-0.4, -0.2) is 62.5 Å². The van der Waals surface area contributed by atoms with Gasteiger partial charge in [0.05, 0.1) is 0 Å². The molecule has 0 aliphatic rings. The number of amides is 3. The first-order valence-electron chi connectivity index (χ1n) is 11.4. The average molecular weight is 574 g/mol. The van der Waals surface area contributed by atoms with Crippen molar-refractivity contribution in [1.29, 1.82) is 0 Å². The Labute approximate surface area is 225 Å². The third-order valence-electron chi connectivity index (χ3n) is 4.50. The van der Waals surface area contributed by atoms with Gasteiger partial charge in [0.2, 0.25) is 0 Å². The number of carbonyl (C=O) groups is 5. The summed E-state index contributed by atoms with van der Waals surface area (Å²) in [5.41, 5.74) is 0.799. The quantitative estimate of drug-likeness (QED) is 0.160. The number of benzene rings is 1. The molecule has 11 nitrogen and oxygen atoms in total. The Kier molecular flexibility index (Phi) is 13.6. The van der Waals surface area contributed by atoms with E-state index >= 15 is 0 Å². The van der Waals surface area contributed by atoms with E-state index < -0.39 is 25.5 Å². The van der Waals surface area contributed by atoms with Crippen molar-refractivity contribution in [3.63, 3.8) is 0 Å². The Bertz CT molecular complexity index is 1090. The summed E-state index contributed by atoms with van der Waals surface area (Å²) in [6, 6.07) is 3.90. The minimum absolute atomic E-state index is 0.0401. The molecule has 0 heterocycles. The summed E-state index contributed by atoms with van der Waals surface area (Å²) in [6.07, 6.45) is 0. The van der Waals surface area contributed by atoms with E-state index in [1.165, 1.54) is 39.0 Å². The van der Waals surface area contributed by atoms with E-state index in [9.17, 15) is 27.8 Å². The predicted octanol–water partition coefficient (Wildman–Crippen LogP) is 1.08. The van der Waals surface area contributed by atoms with Gasteiger partial charge < -0.3 is 0 Å². The zero-order chi connectivity index (χ0) is 28.8. The fraction of sp³-hybridized carbons (Fsp3) is 0.346. The second kappa shape index (κ2) is 16.0. The van der Waals surface area contributed by atoms with Crippen LogP contribution < -0.4 is 20.4 Å². The van der Waals surface area contributed by atoms with Crippen molar-refractivity contribution in [3.05, 3.63) is 65.8 Å². The molecule has 1 rings (SSSR count). The molecule has 0 unspecified atom stereocenters. The van der Waals surface area contributed by atoms with Crippen LogP contribution >= 0.6 is 0 Å². The fourth-order valence-electron chi connectivity index (χ4n) is 2.48. The molecular weight excluding hydrogens is 541 g/mol. The van der Waals surface area contributed by atoms with Crippen molar-refractivity contribution in [2.45, 2.75) is 26.1 Å². The number of hydrogen-bond acceptors (Lipinski definition) is 8. The van der Waals surface area contributed by atoms with E-state index in [1.54, 1.807) is 0 Å². The summed E-state index contributed by atoms with van der Waals surface area (Å²) >= 11 is -2.09. The molecule has 0 aliphatic carbocycles. The summed E-state index contributed by atoms with van der Waals surface area (Å²) in [5.74, 6) is -2.77. The van der Waals surface area contributed by atoms with Gasteiger partial charge in [-0.2, -0.15) is 0 Å². The summed E-state index contributed by atoms with van der Waals surface area (Å²) in [5, 5.41) is 7.65. The molecular formula is C26H33CoN3O8. The second-order valence-electron chi connectivity index (χ2n) is 8.03. The zero-order valence-electron chi connectivity index (χ0n) is 21.7. The third kappa shape index (κ3) is 11.4. The Morgan fingerprint density at radius 2 is 1.05 bits per heavy atom. The van der Waals surface area contributed by atoms with Crippen LogP contribution in [0.3, 0.4) is 0 Å². The van der Waals surface area contributed by atoms with E-state index in [-0.39, 0.29) is 71.5 Å². The predicted molar refractivity (Wildman–Crippen MR) is 136 cm³/mol. The van der Waals surface area contributed by atoms with Gasteiger partial charge in [0.15, 0.2) is 0 Å². The summed E-state index contributed by atoms with van der Waals surface area (Å²) in [7, 11) is 0. The van der Waals surface area contributed by atoms with Gasteiger partial charge in [-0.15, -0.1) is 0 Å². The molecule has 0 aromatic heterocycles. The number of carbonyl (C=O) groups excluding carboxylic acids is 5. The monoisotopic (exact) mass is 574 g/mol. The van der Waals surface area contributed by atoms with Crippen molar-refractivity contribution < 1.29 is 50.9 Å². The van der Waals surface area contributed by atoms with Gasteiger partial charge in [-0.05, 0) is 0 Å². The molecule has 209 valence electrons. The van der Waals surface area contributed by atoms with Gasteiger partial charge in [0.1, 0.15) is 0 Å². The van der Waals surface area contributed by atoms with Crippen LogP contribution in [0.25, 0.3) is 0 Å². The van der Waals surface area contributed by atoms with Crippen LogP contribution in [0.1, 0.15) is 41.5 Å². The molecule has 0 fully saturated rings. The summed E-state index contributed by atoms with van der Waals surface area (Å²) in [4.78, 5) is 60.0. The topological polar surface area (TPSA) is 157 Å². The third-order valence-corrected chi connectivity index (χ3v) is 6.20. The number of nitrogens with one attached hydrogen (secondary N) is 3. The van der Waals surface area contributed by atoms with Gasteiger partial charge in [-0.1, -0.05) is 0 Å². The van der Waals surface area contributed by atoms with Crippen molar-refractivity contribution in [1.82, 2.24) is 16.0 Å². The van der Waals surface area contributed by atoms with Crippen LogP contribution in [0.4, 0.5) is 0 Å². The second-order valence-corrected chi connectivity index (χ2v) is 10.0. The molecule has 0 aliphatic heterocycles. The SMILES string of the molecule is C=C(C)C(=O)NCCOC(=O)c1cc(C(=O)OCCNC(=O)C(=C)C)c[c]([Co](=[O])[CH2]CNC(=O)C(=C)C)c1. The van der Waals surface area contributed by atoms with Crippen LogP contribution in [0, 0.1) is 0 Å². The Morgan fingerprint density at radius 1 is 0.684 bits per heavy atom. The van der Waals surface area contributed by atoms with Crippen LogP contribution in [0.2, 0.25) is 5.36 Å². The summed E-state index contributed by atoms with van der Waals surface area (Å²) in [6.45, 7) is 15.0. The first-order valence-corrected chi connectivity index (χ1v) is 13.1. The van der Waals surface area contributed by atoms with Crippen molar-refractivity contribution >= 4 is 34.2 Å². The van der Waals surface area contributed by atoms with Crippen LogP contribution in [-0.2, 0) is 41.3 Å². The molecule has 38 heavy (non-hydrogen) atoms. The molecule has 0 radical (unpaired) electrons. The number of rotatable bonds is 15. The Balaban J connectivity index is 2.97. The molecule has 3 amide bonds. The fourth-order valence-corrected chi connectivity index (χ4v) is 3.81. The Morgan fingerprint density at radius 3 is 1.42 bits per heavy atom. The number of esters is 2. The number of ether oxygens (including phenoxy) is 2. The van der Waals surface area contributed by atoms with E-state index in [0.29, 0.717) is 16.7 Å². The first-order chi connectivity index (χ1) is 17.8. The first kappa shape index (κ1) is 32.1. The molecule has 1 aromatic rings. The van der Waals surface area contributed by atoms with E-state index in [4.69, 9.17) is 9.47 Å². The van der Waals surface area contributed by atoms with Gasteiger partial charge in [-0.25, -0.2) is 0 Å². The zero-order valence-corrected chi connectivity index (χ0v) is 22.7. The Hall–Kier alpha value is -3.90. The van der Waals surface area contributed by atoms with Gasteiger partial charge >= 0.3 is 226 Å². The maximum absolute atomic E-state index is 12.9.